The SMILES string of the molecule is COCn1nc(-c2ccccc2C(=O)O)cc1-c1ccccc1. The summed E-state index contributed by atoms with van der Waals surface area (Å²) in [7, 11) is 1.60. The summed E-state index contributed by atoms with van der Waals surface area (Å²) in [6, 6.07) is 18.5. The van der Waals surface area contributed by atoms with Crippen LogP contribution in [0.4, 0.5) is 0 Å². The summed E-state index contributed by atoms with van der Waals surface area (Å²) >= 11 is 0. The molecule has 3 rings (SSSR count). The molecule has 116 valence electrons. The fourth-order valence-electron chi connectivity index (χ4n) is 2.50. The Kier molecular flexibility index (Phi) is 4.21. The van der Waals surface area contributed by atoms with Crippen molar-refractivity contribution in [3.05, 3.63) is 66.2 Å². The first-order valence-corrected chi connectivity index (χ1v) is 7.15. The van der Waals surface area contributed by atoms with Crippen molar-refractivity contribution in [2.24, 2.45) is 0 Å². The highest BCUT2D eigenvalue weighted by Gasteiger charge is 2.16. The minimum atomic E-state index is -0.969. The molecule has 1 aromatic heterocycles. The van der Waals surface area contributed by atoms with Crippen LogP contribution in [-0.4, -0.2) is 28.0 Å². The van der Waals surface area contributed by atoms with E-state index in [1.54, 1.807) is 36.1 Å². The van der Waals surface area contributed by atoms with Gasteiger partial charge in [0.25, 0.3) is 0 Å². The minimum absolute atomic E-state index is 0.231. The van der Waals surface area contributed by atoms with E-state index >= 15 is 0 Å². The first-order chi connectivity index (χ1) is 11.2. The van der Waals surface area contributed by atoms with Crippen molar-refractivity contribution < 1.29 is 14.6 Å². The third-order valence-corrected chi connectivity index (χ3v) is 3.53. The van der Waals surface area contributed by atoms with Crippen molar-refractivity contribution in [2.75, 3.05) is 7.11 Å². The molecule has 5 heteroatoms. The van der Waals surface area contributed by atoms with Crippen LogP contribution < -0.4 is 0 Å². The number of carbonyl (C=O) groups is 1. The molecule has 0 atom stereocenters. The number of aromatic carboxylic acids is 1. The van der Waals surface area contributed by atoms with Crippen LogP contribution in [0, 0.1) is 0 Å². The Bertz CT molecular complexity index is 825. The molecule has 1 N–H and O–H groups in total. The Labute approximate surface area is 133 Å². The second-order valence-corrected chi connectivity index (χ2v) is 5.05. The van der Waals surface area contributed by atoms with E-state index in [1.807, 2.05) is 36.4 Å². The van der Waals surface area contributed by atoms with Crippen molar-refractivity contribution in [3.63, 3.8) is 0 Å². The second kappa shape index (κ2) is 6.46. The zero-order valence-electron chi connectivity index (χ0n) is 12.6. The van der Waals surface area contributed by atoms with E-state index in [-0.39, 0.29) is 5.56 Å². The van der Waals surface area contributed by atoms with Crippen LogP contribution in [0.1, 0.15) is 10.4 Å². The Hall–Kier alpha value is -2.92. The molecule has 5 nitrogen and oxygen atoms in total. The van der Waals surface area contributed by atoms with E-state index in [0.717, 1.165) is 11.3 Å². The standard InChI is InChI=1S/C18H16N2O3/c1-23-12-20-17(13-7-3-2-4-8-13)11-16(19-20)14-9-5-6-10-15(14)18(21)22/h2-11H,12H2,1H3,(H,21,22). The number of methoxy groups -OCH3 is 1. The van der Waals surface area contributed by atoms with Gasteiger partial charge in [0.15, 0.2) is 0 Å². The smallest absolute Gasteiger partial charge is 0.336 e. The molecule has 0 aliphatic heterocycles. The Morgan fingerprint density at radius 2 is 1.83 bits per heavy atom. The van der Waals surface area contributed by atoms with Gasteiger partial charge in [-0.15, -0.1) is 0 Å². The van der Waals surface area contributed by atoms with Crippen LogP contribution in [-0.2, 0) is 11.5 Å². The number of ether oxygens (including phenoxy) is 1. The van der Waals surface area contributed by atoms with Gasteiger partial charge in [0.1, 0.15) is 6.73 Å². The van der Waals surface area contributed by atoms with E-state index in [9.17, 15) is 9.90 Å². The summed E-state index contributed by atoms with van der Waals surface area (Å²) < 4.78 is 6.93. The van der Waals surface area contributed by atoms with Gasteiger partial charge in [-0.2, -0.15) is 5.10 Å². The summed E-state index contributed by atoms with van der Waals surface area (Å²) in [5.74, 6) is -0.969. The highest BCUT2D eigenvalue weighted by atomic mass is 16.5. The van der Waals surface area contributed by atoms with Crippen LogP contribution in [0.3, 0.4) is 0 Å². The van der Waals surface area contributed by atoms with Gasteiger partial charge in [0.05, 0.1) is 17.0 Å². The number of benzene rings is 2. The number of carboxylic acids is 1. The molecule has 3 aromatic rings. The van der Waals surface area contributed by atoms with Crippen LogP contribution in [0.2, 0.25) is 0 Å². The molecule has 1 heterocycles. The average Bonchev–Trinajstić information content (AvgIpc) is 3.00. The van der Waals surface area contributed by atoms with Crippen LogP contribution in [0.5, 0.6) is 0 Å². The zero-order valence-corrected chi connectivity index (χ0v) is 12.6. The van der Waals surface area contributed by atoms with Gasteiger partial charge in [-0.25, -0.2) is 9.48 Å². The molecule has 0 amide bonds. The predicted molar refractivity (Wildman–Crippen MR) is 87.1 cm³/mol. The lowest BCUT2D eigenvalue weighted by atomic mass is 10.0. The van der Waals surface area contributed by atoms with Gasteiger partial charge >= 0.3 is 5.97 Å². The van der Waals surface area contributed by atoms with E-state index in [0.29, 0.717) is 18.0 Å². The van der Waals surface area contributed by atoms with Gasteiger partial charge in [-0.05, 0) is 17.7 Å². The quantitative estimate of drug-likeness (QED) is 0.783. The summed E-state index contributed by atoms with van der Waals surface area (Å²) in [6.45, 7) is 0.291. The van der Waals surface area contributed by atoms with Crippen molar-refractivity contribution in [2.45, 2.75) is 6.73 Å². The molecule has 0 fully saturated rings. The van der Waals surface area contributed by atoms with Crippen molar-refractivity contribution in [1.29, 1.82) is 0 Å². The largest absolute Gasteiger partial charge is 0.478 e. The number of aromatic nitrogens is 2. The van der Waals surface area contributed by atoms with E-state index in [4.69, 9.17) is 4.74 Å². The first kappa shape index (κ1) is 15.0. The summed E-state index contributed by atoms with van der Waals surface area (Å²) in [6.07, 6.45) is 0. The maximum atomic E-state index is 11.4. The molecule has 2 aromatic carbocycles. The van der Waals surface area contributed by atoms with Crippen molar-refractivity contribution in [1.82, 2.24) is 9.78 Å². The third kappa shape index (κ3) is 3.00. The normalized spacial score (nSPS) is 10.7. The van der Waals surface area contributed by atoms with Gasteiger partial charge in [-0.3, -0.25) is 0 Å². The predicted octanol–water partition coefficient (Wildman–Crippen LogP) is 3.52. The zero-order chi connectivity index (χ0) is 16.2. The Morgan fingerprint density at radius 3 is 2.52 bits per heavy atom. The van der Waals surface area contributed by atoms with E-state index in [1.165, 1.54) is 0 Å². The highest BCUT2D eigenvalue weighted by Crippen LogP contribution is 2.28. The molecule has 0 saturated heterocycles. The summed E-state index contributed by atoms with van der Waals surface area (Å²) in [5.41, 5.74) is 3.30. The number of carboxylic acid groups (broad SMARTS) is 1. The fraction of sp³-hybridized carbons (Fsp3) is 0.111. The molecule has 23 heavy (non-hydrogen) atoms. The number of rotatable bonds is 5. The topological polar surface area (TPSA) is 64.4 Å². The molecule has 0 unspecified atom stereocenters. The van der Waals surface area contributed by atoms with Gasteiger partial charge in [-0.1, -0.05) is 48.5 Å². The molecule has 0 radical (unpaired) electrons. The molecule has 0 aliphatic rings. The molecular weight excluding hydrogens is 292 g/mol. The van der Waals surface area contributed by atoms with Crippen molar-refractivity contribution in [3.8, 4) is 22.5 Å². The first-order valence-electron chi connectivity index (χ1n) is 7.15. The number of hydrogen-bond acceptors (Lipinski definition) is 3. The number of hydrogen-bond donors (Lipinski definition) is 1. The third-order valence-electron chi connectivity index (χ3n) is 3.53. The lowest BCUT2D eigenvalue weighted by Gasteiger charge is -2.05. The molecule has 0 saturated carbocycles. The molecule has 0 bridgehead atoms. The second-order valence-electron chi connectivity index (χ2n) is 5.05. The Balaban J connectivity index is 2.14. The molecule has 0 aliphatic carbocycles. The number of nitrogens with zero attached hydrogens (tertiary/aromatic N) is 2. The maximum Gasteiger partial charge on any atom is 0.336 e. The van der Waals surface area contributed by atoms with Crippen LogP contribution in [0.15, 0.2) is 60.7 Å². The minimum Gasteiger partial charge on any atom is -0.478 e. The van der Waals surface area contributed by atoms with Crippen molar-refractivity contribution >= 4 is 5.97 Å². The lowest BCUT2D eigenvalue weighted by molar-refractivity contribution is 0.0697. The van der Waals surface area contributed by atoms with Gasteiger partial charge in [0, 0.05) is 12.7 Å². The lowest BCUT2D eigenvalue weighted by Crippen LogP contribution is -2.04. The Morgan fingerprint density at radius 1 is 1.13 bits per heavy atom. The average molecular weight is 308 g/mol. The van der Waals surface area contributed by atoms with Crippen LogP contribution >= 0.6 is 0 Å². The van der Waals surface area contributed by atoms with E-state index < -0.39 is 5.97 Å². The summed E-state index contributed by atoms with van der Waals surface area (Å²) in [4.78, 5) is 11.4. The monoisotopic (exact) mass is 308 g/mol. The maximum absolute atomic E-state index is 11.4. The van der Waals surface area contributed by atoms with Gasteiger partial charge in [0.2, 0.25) is 0 Å². The highest BCUT2D eigenvalue weighted by molar-refractivity contribution is 5.95. The fourth-order valence-corrected chi connectivity index (χ4v) is 2.50. The molecule has 0 spiro atoms. The van der Waals surface area contributed by atoms with Gasteiger partial charge < -0.3 is 9.84 Å². The molecular formula is C18H16N2O3. The van der Waals surface area contributed by atoms with Crippen LogP contribution in [0.25, 0.3) is 22.5 Å². The van der Waals surface area contributed by atoms with E-state index in [2.05, 4.69) is 5.10 Å². The summed E-state index contributed by atoms with van der Waals surface area (Å²) in [5, 5.41) is 13.9.